The number of fused-ring (bicyclic) bond motifs is 1. The van der Waals surface area contributed by atoms with E-state index in [1.807, 2.05) is 30.3 Å². The topological polar surface area (TPSA) is 76.8 Å². The Kier molecular flexibility index (Phi) is 4.84. The molecule has 0 radical (unpaired) electrons. The number of carbonyl (C=O) groups is 1. The summed E-state index contributed by atoms with van der Waals surface area (Å²) in [5.41, 5.74) is 1.00. The average molecular weight is 373 g/mol. The molecule has 0 aliphatic carbocycles. The number of nitrogens with zero attached hydrogens (tertiary/aromatic N) is 1. The molecule has 3 aromatic rings. The fourth-order valence-electron chi connectivity index (χ4n) is 2.64. The van der Waals surface area contributed by atoms with Gasteiger partial charge in [0.05, 0.1) is 23.6 Å². The van der Waals surface area contributed by atoms with E-state index in [-0.39, 0.29) is 4.90 Å². The quantitative estimate of drug-likeness (QED) is 0.639. The largest absolute Gasteiger partial charge is 0.465 e. The number of benzene rings is 2. The number of ether oxygens (including phenoxy) is 1. The minimum atomic E-state index is -3.75. The molecule has 6 nitrogen and oxygen atoms in total. The number of rotatable bonds is 5. The van der Waals surface area contributed by atoms with Crippen molar-refractivity contribution in [1.29, 1.82) is 0 Å². The smallest absolute Gasteiger partial charge is 0.337 e. The van der Waals surface area contributed by atoms with Gasteiger partial charge in [0.25, 0.3) is 0 Å². The summed E-state index contributed by atoms with van der Waals surface area (Å²) in [6.07, 6.45) is 0. The van der Waals surface area contributed by atoms with Crippen molar-refractivity contribution in [2.24, 2.45) is 0 Å². The van der Waals surface area contributed by atoms with E-state index in [4.69, 9.17) is 4.42 Å². The van der Waals surface area contributed by atoms with E-state index in [9.17, 15) is 13.2 Å². The Balaban J connectivity index is 1.89. The summed E-state index contributed by atoms with van der Waals surface area (Å²) in [5, 5.41) is 0.919. The summed E-state index contributed by atoms with van der Waals surface area (Å²) in [6.45, 7) is 1.76. The monoisotopic (exact) mass is 373 g/mol. The van der Waals surface area contributed by atoms with Crippen molar-refractivity contribution in [3.63, 3.8) is 0 Å². The van der Waals surface area contributed by atoms with E-state index in [1.54, 1.807) is 6.92 Å². The molecule has 2 aromatic carbocycles. The highest BCUT2D eigenvalue weighted by atomic mass is 32.2. The van der Waals surface area contributed by atoms with Gasteiger partial charge in [-0.3, -0.25) is 0 Å². The molecule has 0 aliphatic rings. The predicted molar refractivity (Wildman–Crippen MR) is 97.4 cm³/mol. The molecule has 1 unspecified atom stereocenters. The van der Waals surface area contributed by atoms with Crippen LogP contribution in [0.25, 0.3) is 11.0 Å². The molecule has 0 saturated heterocycles. The number of hydrogen-bond donors (Lipinski definition) is 0. The number of furan rings is 1. The van der Waals surface area contributed by atoms with Gasteiger partial charge in [-0.15, -0.1) is 0 Å². The van der Waals surface area contributed by atoms with Crippen LogP contribution >= 0.6 is 0 Å². The Hall–Kier alpha value is -2.64. The van der Waals surface area contributed by atoms with Crippen molar-refractivity contribution in [3.05, 3.63) is 65.9 Å². The minimum Gasteiger partial charge on any atom is -0.465 e. The van der Waals surface area contributed by atoms with Gasteiger partial charge < -0.3 is 9.15 Å². The Morgan fingerprint density at radius 2 is 1.77 bits per heavy atom. The summed E-state index contributed by atoms with van der Waals surface area (Å²) in [4.78, 5) is 11.6. The molecule has 1 heterocycles. The Labute approximate surface area is 152 Å². The zero-order valence-corrected chi connectivity index (χ0v) is 15.5. The molecule has 0 bridgehead atoms. The lowest BCUT2D eigenvalue weighted by Gasteiger charge is -2.22. The Morgan fingerprint density at radius 1 is 1.12 bits per heavy atom. The van der Waals surface area contributed by atoms with Crippen molar-refractivity contribution in [1.82, 2.24) is 4.31 Å². The third kappa shape index (κ3) is 3.23. The van der Waals surface area contributed by atoms with Gasteiger partial charge in [-0.2, -0.15) is 4.31 Å². The summed E-state index contributed by atoms with van der Waals surface area (Å²) in [6, 6.07) is 14.5. The van der Waals surface area contributed by atoms with E-state index in [0.29, 0.717) is 16.9 Å². The normalized spacial score (nSPS) is 13.1. The lowest BCUT2D eigenvalue weighted by Crippen LogP contribution is -2.29. The van der Waals surface area contributed by atoms with Crippen molar-refractivity contribution >= 4 is 27.0 Å². The van der Waals surface area contributed by atoms with Gasteiger partial charge in [0.1, 0.15) is 11.3 Å². The molecule has 1 aromatic heterocycles. The van der Waals surface area contributed by atoms with Crippen LogP contribution in [0.2, 0.25) is 0 Å². The van der Waals surface area contributed by atoms with Crippen molar-refractivity contribution in [2.75, 3.05) is 14.2 Å². The first-order valence-corrected chi connectivity index (χ1v) is 9.43. The number of methoxy groups -OCH3 is 1. The second-order valence-electron chi connectivity index (χ2n) is 5.90. The first-order chi connectivity index (χ1) is 12.3. The van der Waals surface area contributed by atoms with Gasteiger partial charge in [0.2, 0.25) is 10.0 Å². The lowest BCUT2D eigenvalue weighted by molar-refractivity contribution is 0.0600. The number of esters is 1. The summed E-state index contributed by atoms with van der Waals surface area (Å²) < 4.78 is 37.4. The molecular formula is C19H19NO5S. The predicted octanol–water partition coefficient (Wildman–Crippen LogP) is 3.60. The van der Waals surface area contributed by atoms with E-state index >= 15 is 0 Å². The van der Waals surface area contributed by atoms with E-state index in [1.165, 1.54) is 42.7 Å². The molecule has 0 saturated carbocycles. The summed E-state index contributed by atoms with van der Waals surface area (Å²) in [7, 11) is -0.977. The number of carbonyl (C=O) groups excluding carboxylic acids is 1. The van der Waals surface area contributed by atoms with Crippen LogP contribution in [0.4, 0.5) is 0 Å². The summed E-state index contributed by atoms with van der Waals surface area (Å²) >= 11 is 0. The lowest BCUT2D eigenvalue weighted by atomic mass is 10.2. The van der Waals surface area contributed by atoms with Gasteiger partial charge in [-0.25, -0.2) is 13.2 Å². The van der Waals surface area contributed by atoms with Gasteiger partial charge in [0.15, 0.2) is 0 Å². The third-order valence-corrected chi connectivity index (χ3v) is 6.30. The van der Waals surface area contributed by atoms with Crippen LogP contribution in [-0.4, -0.2) is 32.8 Å². The summed E-state index contributed by atoms with van der Waals surface area (Å²) in [5.74, 6) is 0.0430. The van der Waals surface area contributed by atoms with E-state index in [2.05, 4.69) is 4.74 Å². The van der Waals surface area contributed by atoms with Crippen LogP contribution in [0.3, 0.4) is 0 Å². The molecule has 7 heteroatoms. The van der Waals surface area contributed by atoms with Gasteiger partial charge in [0, 0.05) is 12.4 Å². The van der Waals surface area contributed by atoms with Crippen LogP contribution in [0.15, 0.2) is 63.9 Å². The van der Waals surface area contributed by atoms with Crippen LogP contribution in [-0.2, 0) is 14.8 Å². The molecule has 0 fully saturated rings. The fraction of sp³-hybridized carbons (Fsp3) is 0.211. The number of hydrogen-bond acceptors (Lipinski definition) is 5. The standard InChI is InChI=1S/C19H19NO5S/c1-13(18-12-15-6-4-5-7-17(15)25-18)20(2)26(22,23)16-10-8-14(9-11-16)19(21)24-3/h4-13H,1-3H3. The minimum absolute atomic E-state index is 0.0932. The number of para-hydroxylation sites is 1. The maximum absolute atomic E-state index is 12.9. The Morgan fingerprint density at radius 3 is 2.38 bits per heavy atom. The van der Waals surface area contributed by atoms with Crippen LogP contribution < -0.4 is 0 Å². The van der Waals surface area contributed by atoms with Crippen LogP contribution in [0.5, 0.6) is 0 Å². The van der Waals surface area contributed by atoms with Gasteiger partial charge in [-0.05, 0) is 43.3 Å². The maximum Gasteiger partial charge on any atom is 0.337 e. The van der Waals surface area contributed by atoms with Crippen molar-refractivity contribution in [3.8, 4) is 0 Å². The average Bonchev–Trinajstić information content (AvgIpc) is 3.10. The first kappa shape index (κ1) is 18.2. The Bertz CT molecular complexity index is 1000. The highest BCUT2D eigenvalue weighted by molar-refractivity contribution is 7.89. The molecular weight excluding hydrogens is 354 g/mol. The number of sulfonamides is 1. The fourth-order valence-corrected chi connectivity index (χ4v) is 3.98. The van der Waals surface area contributed by atoms with Crippen LogP contribution in [0, 0.1) is 0 Å². The van der Waals surface area contributed by atoms with E-state index < -0.39 is 22.0 Å². The van der Waals surface area contributed by atoms with Crippen LogP contribution in [0.1, 0.15) is 29.1 Å². The molecule has 0 N–H and O–H groups in total. The third-order valence-electron chi connectivity index (χ3n) is 4.35. The zero-order valence-electron chi connectivity index (χ0n) is 14.7. The van der Waals surface area contributed by atoms with E-state index in [0.717, 1.165) is 5.39 Å². The first-order valence-electron chi connectivity index (χ1n) is 7.99. The molecule has 26 heavy (non-hydrogen) atoms. The molecule has 1 atom stereocenters. The molecule has 3 rings (SSSR count). The second kappa shape index (κ2) is 6.93. The molecule has 0 aliphatic heterocycles. The molecule has 136 valence electrons. The maximum atomic E-state index is 12.9. The van der Waals surface area contributed by atoms with Gasteiger partial charge in [-0.1, -0.05) is 18.2 Å². The second-order valence-corrected chi connectivity index (χ2v) is 7.90. The highest BCUT2D eigenvalue weighted by Crippen LogP contribution is 2.30. The highest BCUT2D eigenvalue weighted by Gasteiger charge is 2.28. The van der Waals surface area contributed by atoms with Crippen molar-refractivity contribution in [2.45, 2.75) is 17.9 Å². The van der Waals surface area contributed by atoms with Gasteiger partial charge >= 0.3 is 5.97 Å². The molecule has 0 spiro atoms. The van der Waals surface area contributed by atoms with Crippen molar-refractivity contribution < 1.29 is 22.4 Å². The molecule has 0 amide bonds. The SMILES string of the molecule is COC(=O)c1ccc(S(=O)(=O)N(C)C(C)c2cc3ccccc3o2)cc1. The zero-order chi connectivity index (χ0) is 18.9.